The number of rotatable bonds is 5. The number of phenols is 1. The molecule has 30 heavy (non-hydrogen) atoms. The van der Waals surface area contributed by atoms with Crippen molar-refractivity contribution in [2.75, 3.05) is 5.43 Å². The Hall–Kier alpha value is -3.44. The van der Waals surface area contributed by atoms with Gasteiger partial charge in [0.2, 0.25) is 5.13 Å². The molecule has 0 amide bonds. The van der Waals surface area contributed by atoms with Gasteiger partial charge < -0.3 is 5.11 Å². The third-order valence-electron chi connectivity index (χ3n) is 5.06. The molecule has 0 spiro atoms. The molecule has 5 heteroatoms. The summed E-state index contributed by atoms with van der Waals surface area (Å²) < 4.78 is 0. The van der Waals surface area contributed by atoms with Crippen LogP contribution < -0.4 is 5.43 Å². The number of hydrogen-bond donors (Lipinski definition) is 2. The highest BCUT2D eigenvalue weighted by molar-refractivity contribution is 7.19. The van der Waals surface area contributed by atoms with Gasteiger partial charge in [-0.25, -0.2) is 4.98 Å². The van der Waals surface area contributed by atoms with E-state index >= 15 is 0 Å². The molecule has 4 nitrogen and oxygen atoms in total. The van der Waals surface area contributed by atoms with Crippen molar-refractivity contribution in [2.24, 2.45) is 5.10 Å². The van der Waals surface area contributed by atoms with Crippen LogP contribution in [0.3, 0.4) is 0 Å². The number of hydrogen-bond acceptors (Lipinski definition) is 5. The molecule has 0 radical (unpaired) electrons. The van der Waals surface area contributed by atoms with Gasteiger partial charge in [-0.05, 0) is 55.7 Å². The predicted molar refractivity (Wildman–Crippen MR) is 126 cm³/mol. The number of aryl methyl sites for hydroxylation is 2. The third-order valence-corrected chi connectivity index (χ3v) is 6.07. The number of anilines is 1. The Bertz CT molecular complexity index is 1210. The average Bonchev–Trinajstić information content (AvgIpc) is 3.19. The minimum absolute atomic E-state index is 0.209. The first-order valence-electron chi connectivity index (χ1n) is 9.75. The molecule has 0 unspecified atom stereocenters. The quantitative estimate of drug-likeness (QED) is 0.285. The van der Waals surface area contributed by atoms with Crippen LogP contribution >= 0.6 is 11.3 Å². The molecule has 1 heterocycles. The standard InChI is InChI=1S/C25H23N3OS/c1-16-13-14-20(15-17(16)2)23-24(19-9-5-4-6-10-19)30-25(26-23)28-27-18(3)21-11-7-8-12-22(21)29/h4-15,29H,1-3H3,(H,26,28)/b27-18-. The first kappa shape index (κ1) is 19.9. The van der Waals surface area contributed by atoms with Crippen LogP contribution in [-0.2, 0) is 0 Å². The molecule has 150 valence electrons. The van der Waals surface area contributed by atoms with E-state index in [1.165, 1.54) is 11.1 Å². The maximum atomic E-state index is 10.1. The monoisotopic (exact) mass is 413 g/mol. The van der Waals surface area contributed by atoms with Gasteiger partial charge in [0.15, 0.2) is 0 Å². The van der Waals surface area contributed by atoms with E-state index in [0.717, 1.165) is 21.7 Å². The Morgan fingerprint density at radius 2 is 1.63 bits per heavy atom. The van der Waals surface area contributed by atoms with Crippen LogP contribution in [0.25, 0.3) is 21.7 Å². The first-order chi connectivity index (χ1) is 14.5. The first-order valence-corrected chi connectivity index (χ1v) is 10.6. The topological polar surface area (TPSA) is 57.5 Å². The van der Waals surface area contributed by atoms with Crippen LogP contribution in [0.2, 0.25) is 0 Å². The maximum Gasteiger partial charge on any atom is 0.204 e. The van der Waals surface area contributed by atoms with Crippen molar-refractivity contribution in [3.05, 3.63) is 89.5 Å². The minimum Gasteiger partial charge on any atom is -0.507 e. The van der Waals surface area contributed by atoms with E-state index in [-0.39, 0.29) is 5.75 Å². The number of phenolic OH excluding ortho intramolecular Hbond substituents is 1. The van der Waals surface area contributed by atoms with Gasteiger partial charge in [-0.1, -0.05) is 65.9 Å². The summed E-state index contributed by atoms with van der Waals surface area (Å²) in [6.45, 7) is 6.09. The van der Waals surface area contributed by atoms with Crippen molar-refractivity contribution in [1.29, 1.82) is 0 Å². The summed E-state index contributed by atoms with van der Waals surface area (Å²) in [6, 6.07) is 23.9. The maximum absolute atomic E-state index is 10.1. The van der Waals surface area contributed by atoms with Crippen LogP contribution in [0, 0.1) is 13.8 Å². The zero-order valence-corrected chi connectivity index (χ0v) is 18.0. The number of benzene rings is 3. The summed E-state index contributed by atoms with van der Waals surface area (Å²) in [5.41, 5.74) is 10.1. The van der Waals surface area contributed by atoms with E-state index in [1.807, 2.05) is 37.3 Å². The Balaban J connectivity index is 1.73. The van der Waals surface area contributed by atoms with Gasteiger partial charge in [-0.3, -0.25) is 5.43 Å². The fraction of sp³-hybridized carbons (Fsp3) is 0.120. The second kappa shape index (κ2) is 8.51. The molecule has 0 aliphatic rings. The summed E-state index contributed by atoms with van der Waals surface area (Å²) in [4.78, 5) is 5.95. The van der Waals surface area contributed by atoms with Gasteiger partial charge in [0, 0.05) is 11.1 Å². The van der Waals surface area contributed by atoms with Crippen molar-refractivity contribution < 1.29 is 5.11 Å². The molecule has 0 saturated heterocycles. The summed E-state index contributed by atoms with van der Waals surface area (Å²) in [5, 5.41) is 15.2. The van der Waals surface area contributed by atoms with E-state index < -0.39 is 0 Å². The lowest BCUT2D eigenvalue weighted by Crippen LogP contribution is -1.99. The number of aromatic hydroxyl groups is 1. The smallest absolute Gasteiger partial charge is 0.204 e. The van der Waals surface area contributed by atoms with Crippen LogP contribution in [0.15, 0.2) is 77.9 Å². The summed E-state index contributed by atoms with van der Waals surface area (Å²) in [6.07, 6.45) is 0. The number of hydrazone groups is 1. The summed E-state index contributed by atoms with van der Waals surface area (Å²) in [7, 11) is 0. The lowest BCUT2D eigenvalue weighted by molar-refractivity contribution is 0.474. The van der Waals surface area contributed by atoms with E-state index in [0.29, 0.717) is 16.4 Å². The van der Waals surface area contributed by atoms with Gasteiger partial charge >= 0.3 is 0 Å². The van der Waals surface area contributed by atoms with Crippen molar-refractivity contribution in [3.63, 3.8) is 0 Å². The van der Waals surface area contributed by atoms with Crippen LogP contribution in [0.1, 0.15) is 23.6 Å². The molecule has 4 aromatic rings. The molecule has 0 atom stereocenters. The Morgan fingerprint density at radius 1 is 0.900 bits per heavy atom. The molecule has 3 aromatic carbocycles. The van der Waals surface area contributed by atoms with E-state index in [4.69, 9.17) is 4.98 Å². The second-order valence-corrected chi connectivity index (χ2v) is 8.19. The zero-order chi connectivity index (χ0) is 21.1. The normalized spacial score (nSPS) is 11.5. The minimum atomic E-state index is 0.209. The molecule has 0 aliphatic carbocycles. The summed E-state index contributed by atoms with van der Waals surface area (Å²) >= 11 is 1.57. The van der Waals surface area contributed by atoms with E-state index in [9.17, 15) is 5.11 Å². The zero-order valence-electron chi connectivity index (χ0n) is 17.2. The molecule has 4 rings (SSSR count). The highest BCUT2D eigenvalue weighted by atomic mass is 32.1. The Morgan fingerprint density at radius 3 is 2.37 bits per heavy atom. The lowest BCUT2D eigenvalue weighted by atomic mass is 10.0. The fourth-order valence-electron chi connectivity index (χ4n) is 3.21. The van der Waals surface area contributed by atoms with Gasteiger partial charge in [-0.15, -0.1) is 0 Å². The van der Waals surface area contributed by atoms with Crippen molar-refractivity contribution >= 4 is 22.2 Å². The number of nitrogens with zero attached hydrogens (tertiary/aromatic N) is 2. The lowest BCUT2D eigenvalue weighted by Gasteiger charge is -2.06. The molecular formula is C25H23N3OS. The molecule has 0 bridgehead atoms. The number of aromatic nitrogens is 1. The summed E-state index contributed by atoms with van der Waals surface area (Å²) in [5.74, 6) is 0.209. The van der Waals surface area contributed by atoms with E-state index in [1.54, 1.807) is 23.5 Å². The predicted octanol–water partition coefficient (Wildman–Crippen LogP) is 6.64. The molecule has 1 aromatic heterocycles. The highest BCUT2D eigenvalue weighted by Gasteiger charge is 2.15. The van der Waals surface area contributed by atoms with Crippen LogP contribution in [0.5, 0.6) is 5.75 Å². The molecule has 0 aliphatic heterocycles. The third kappa shape index (κ3) is 4.11. The fourth-order valence-corrected chi connectivity index (χ4v) is 4.14. The molecule has 2 N–H and O–H groups in total. The van der Waals surface area contributed by atoms with E-state index in [2.05, 4.69) is 54.7 Å². The van der Waals surface area contributed by atoms with Crippen molar-refractivity contribution in [2.45, 2.75) is 20.8 Å². The van der Waals surface area contributed by atoms with Crippen LogP contribution in [-0.4, -0.2) is 15.8 Å². The molecule has 0 saturated carbocycles. The second-order valence-electron chi connectivity index (χ2n) is 7.19. The van der Waals surface area contributed by atoms with Gasteiger partial charge in [-0.2, -0.15) is 5.10 Å². The number of nitrogens with one attached hydrogen (secondary N) is 1. The van der Waals surface area contributed by atoms with Gasteiger partial charge in [0.25, 0.3) is 0 Å². The highest BCUT2D eigenvalue weighted by Crippen LogP contribution is 2.39. The van der Waals surface area contributed by atoms with Crippen molar-refractivity contribution in [1.82, 2.24) is 4.98 Å². The number of thiazole rings is 1. The average molecular weight is 414 g/mol. The van der Waals surface area contributed by atoms with Crippen molar-refractivity contribution in [3.8, 4) is 27.4 Å². The Kier molecular flexibility index (Phi) is 5.63. The van der Waals surface area contributed by atoms with Gasteiger partial charge in [0.1, 0.15) is 5.75 Å². The largest absolute Gasteiger partial charge is 0.507 e. The number of para-hydroxylation sites is 1. The Labute approximate surface area is 180 Å². The molecular weight excluding hydrogens is 390 g/mol. The molecule has 0 fully saturated rings. The van der Waals surface area contributed by atoms with Gasteiger partial charge in [0.05, 0.1) is 16.3 Å². The van der Waals surface area contributed by atoms with Crippen LogP contribution in [0.4, 0.5) is 5.13 Å². The SMILES string of the molecule is C/C(=N/Nc1nc(-c2ccc(C)c(C)c2)c(-c2ccccc2)s1)c1ccccc1O.